The highest BCUT2D eigenvalue weighted by atomic mass is 16.5. The third-order valence-electron chi connectivity index (χ3n) is 4.06. The van der Waals surface area contributed by atoms with Gasteiger partial charge in [-0.2, -0.15) is 0 Å². The van der Waals surface area contributed by atoms with Gasteiger partial charge in [-0.1, -0.05) is 24.3 Å². The second kappa shape index (κ2) is 5.92. The molecule has 0 radical (unpaired) electrons. The van der Waals surface area contributed by atoms with Gasteiger partial charge in [0.05, 0.1) is 7.11 Å². The molecule has 0 bridgehead atoms. The molecule has 1 aliphatic rings. The van der Waals surface area contributed by atoms with Crippen molar-refractivity contribution in [2.45, 2.75) is 25.8 Å². The Morgan fingerprint density at radius 1 is 1.13 bits per heavy atom. The number of carbonyl (C=O) groups excluding carboxylic acids is 1. The second-order valence-corrected chi connectivity index (χ2v) is 6.49. The summed E-state index contributed by atoms with van der Waals surface area (Å²) >= 11 is 0. The number of benzene rings is 2. The zero-order chi connectivity index (χ0) is 16.4. The number of hydrogen-bond acceptors (Lipinski definition) is 3. The van der Waals surface area contributed by atoms with Crippen LogP contribution in [0.4, 0.5) is 0 Å². The van der Waals surface area contributed by atoms with Gasteiger partial charge in [0.25, 0.3) is 0 Å². The molecule has 118 valence electrons. The van der Waals surface area contributed by atoms with Gasteiger partial charge in [0.15, 0.2) is 5.78 Å². The molecule has 3 nitrogen and oxygen atoms in total. The van der Waals surface area contributed by atoms with Gasteiger partial charge in [0.2, 0.25) is 0 Å². The maximum absolute atomic E-state index is 12.6. The zero-order valence-electron chi connectivity index (χ0n) is 13.7. The van der Waals surface area contributed by atoms with Gasteiger partial charge in [0, 0.05) is 28.4 Å². The first-order valence-electron chi connectivity index (χ1n) is 7.75. The van der Waals surface area contributed by atoms with Crippen LogP contribution in [0.25, 0.3) is 5.70 Å². The minimum absolute atomic E-state index is 0.0114. The predicted molar refractivity (Wildman–Crippen MR) is 92.7 cm³/mol. The smallest absolute Gasteiger partial charge is 0.187 e. The lowest BCUT2D eigenvalue weighted by atomic mass is 9.85. The third-order valence-corrected chi connectivity index (χ3v) is 4.06. The zero-order valence-corrected chi connectivity index (χ0v) is 13.7. The van der Waals surface area contributed by atoms with Crippen molar-refractivity contribution in [3.05, 3.63) is 71.3 Å². The Morgan fingerprint density at radius 2 is 1.83 bits per heavy atom. The number of hydrogen-bond donors (Lipinski definition) is 1. The highest BCUT2D eigenvalue weighted by Crippen LogP contribution is 2.29. The first kappa shape index (κ1) is 15.3. The molecule has 0 aromatic heterocycles. The molecule has 0 saturated heterocycles. The average Bonchev–Trinajstić information content (AvgIpc) is 2.54. The Balaban J connectivity index is 1.95. The Labute approximate surface area is 137 Å². The molecule has 0 spiro atoms. The summed E-state index contributed by atoms with van der Waals surface area (Å²) in [5.41, 5.74) is 3.85. The van der Waals surface area contributed by atoms with Crippen LogP contribution in [0.3, 0.4) is 0 Å². The molecule has 1 heterocycles. The normalized spacial score (nSPS) is 17.3. The molecular weight excluding hydrogens is 286 g/mol. The summed E-state index contributed by atoms with van der Waals surface area (Å²) in [6.07, 6.45) is 2.64. The van der Waals surface area contributed by atoms with Gasteiger partial charge < -0.3 is 10.1 Å². The SMILES string of the molecule is COc1ccc(C(=O)/C=C2\NC(C)(C)Cc3ccccc32)cc1. The van der Waals surface area contributed by atoms with Crippen LogP contribution in [0.5, 0.6) is 5.75 Å². The number of ether oxygens (including phenoxy) is 1. The van der Waals surface area contributed by atoms with Crippen molar-refractivity contribution in [3.63, 3.8) is 0 Å². The minimum Gasteiger partial charge on any atom is -0.497 e. The fraction of sp³-hybridized carbons (Fsp3) is 0.250. The Kier molecular flexibility index (Phi) is 3.95. The number of carbonyl (C=O) groups is 1. The molecule has 0 aliphatic carbocycles. The molecule has 2 aromatic carbocycles. The Morgan fingerprint density at radius 3 is 2.52 bits per heavy atom. The van der Waals surface area contributed by atoms with E-state index >= 15 is 0 Å². The van der Waals surface area contributed by atoms with Crippen LogP contribution in [-0.4, -0.2) is 18.4 Å². The number of fused-ring (bicyclic) bond motifs is 1. The summed E-state index contributed by atoms with van der Waals surface area (Å²) in [6, 6.07) is 15.4. The van der Waals surface area contributed by atoms with Crippen molar-refractivity contribution >= 4 is 11.5 Å². The molecule has 1 N–H and O–H groups in total. The maximum atomic E-state index is 12.6. The van der Waals surface area contributed by atoms with Crippen molar-refractivity contribution in [2.24, 2.45) is 0 Å². The van der Waals surface area contributed by atoms with E-state index in [9.17, 15) is 4.79 Å². The highest BCUT2D eigenvalue weighted by molar-refractivity contribution is 6.08. The maximum Gasteiger partial charge on any atom is 0.187 e. The van der Waals surface area contributed by atoms with E-state index < -0.39 is 0 Å². The molecule has 0 unspecified atom stereocenters. The predicted octanol–water partition coefficient (Wildman–Crippen LogP) is 3.84. The quantitative estimate of drug-likeness (QED) is 0.691. The molecule has 3 heteroatoms. The van der Waals surface area contributed by atoms with Crippen LogP contribution in [-0.2, 0) is 6.42 Å². The van der Waals surface area contributed by atoms with Gasteiger partial charge in [-0.05, 0) is 50.1 Å². The molecule has 0 atom stereocenters. The lowest BCUT2D eigenvalue weighted by Crippen LogP contribution is -2.43. The van der Waals surface area contributed by atoms with Crippen LogP contribution in [0.15, 0.2) is 54.6 Å². The summed E-state index contributed by atoms with van der Waals surface area (Å²) < 4.78 is 5.13. The molecule has 0 saturated carbocycles. The van der Waals surface area contributed by atoms with Crippen LogP contribution in [0.1, 0.15) is 35.3 Å². The second-order valence-electron chi connectivity index (χ2n) is 6.49. The summed E-state index contributed by atoms with van der Waals surface area (Å²) in [5.74, 6) is 0.735. The van der Waals surface area contributed by atoms with E-state index in [-0.39, 0.29) is 11.3 Å². The van der Waals surface area contributed by atoms with Crippen molar-refractivity contribution < 1.29 is 9.53 Å². The third kappa shape index (κ3) is 3.29. The molecule has 2 aromatic rings. The summed E-state index contributed by atoms with van der Waals surface area (Å²) in [4.78, 5) is 12.6. The van der Waals surface area contributed by atoms with E-state index in [0.29, 0.717) is 5.56 Å². The van der Waals surface area contributed by atoms with Crippen molar-refractivity contribution in [2.75, 3.05) is 7.11 Å². The van der Waals surface area contributed by atoms with Crippen LogP contribution < -0.4 is 10.1 Å². The highest BCUT2D eigenvalue weighted by Gasteiger charge is 2.27. The molecule has 23 heavy (non-hydrogen) atoms. The van der Waals surface area contributed by atoms with Crippen LogP contribution >= 0.6 is 0 Å². The van der Waals surface area contributed by atoms with E-state index in [1.54, 1.807) is 37.5 Å². The van der Waals surface area contributed by atoms with Crippen LogP contribution in [0.2, 0.25) is 0 Å². The van der Waals surface area contributed by atoms with E-state index in [2.05, 4.69) is 31.3 Å². The van der Waals surface area contributed by atoms with Gasteiger partial charge in [-0.25, -0.2) is 0 Å². The minimum atomic E-state index is -0.0691. The lowest BCUT2D eigenvalue weighted by Gasteiger charge is -2.35. The van der Waals surface area contributed by atoms with Gasteiger partial charge in [0.1, 0.15) is 5.75 Å². The summed E-state index contributed by atoms with van der Waals surface area (Å²) in [5, 5.41) is 3.49. The van der Waals surface area contributed by atoms with E-state index in [1.807, 2.05) is 12.1 Å². The fourth-order valence-electron chi connectivity index (χ4n) is 2.97. The number of nitrogens with one attached hydrogen (secondary N) is 1. The standard InChI is InChI=1S/C20H21NO2/c1-20(2)13-15-6-4-5-7-17(15)18(21-20)12-19(22)14-8-10-16(23-3)11-9-14/h4-12,21H,13H2,1-3H3/b18-12-. The topological polar surface area (TPSA) is 38.3 Å². The Bertz CT molecular complexity index is 757. The largest absolute Gasteiger partial charge is 0.497 e. The van der Waals surface area contributed by atoms with E-state index in [0.717, 1.165) is 23.4 Å². The monoisotopic (exact) mass is 307 g/mol. The molecule has 0 amide bonds. The average molecular weight is 307 g/mol. The van der Waals surface area contributed by atoms with Crippen molar-refractivity contribution in [1.29, 1.82) is 0 Å². The molecule has 1 aliphatic heterocycles. The van der Waals surface area contributed by atoms with E-state index in [4.69, 9.17) is 4.74 Å². The lowest BCUT2D eigenvalue weighted by molar-refractivity contribution is 0.104. The van der Waals surface area contributed by atoms with Gasteiger partial charge >= 0.3 is 0 Å². The summed E-state index contributed by atoms with van der Waals surface area (Å²) in [6.45, 7) is 4.29. The molecule has 0 fully saturated rings. The Hall–Kier alpha value is -2.55. The van der Waals surface area contributed by atoms with Crippen molar-refractivity contribution in [3.8, 4) is 5.75 Å². The molecule has 3 rings (SSSR count). The fourth-order valence-corrected chi connectivity index (χ4v) is 2.97. The molecular formula is C20H21NO2. The summed E-state index contributed by atoms with van der Waals surface area (Å²) in [7, 11) is 1.61. The number of ketones is 1. The van der Waals surface area contributed by atoms with Gasteiger partial charge in [-0.15, -0.1) is 0 Å². The number of allylic oxidation sites excluding steroid dienone is 1. The van der Waals surface area contributed by atoms with Gasteiger partial charge in [-0.3, -0.25) is 4.79 Å². The first-order valence-corrected chi connectivity index (χ1v) is 7.75. The van der Waals surface area contributed by atoms with Crippen LogP contribution in [0, 0.1) is 0 Å². The van der Waals surface area contributed by atoms with Crippen molar-refractivity contribution in [1.82, 2.24) is 5.32 Å². The first-order chi connectivity index (χ1) is 11.0. The number of rotatable bonds is 3. The number of methoxy groups -OCH3 is 1. The van der Waals surface area contributed by atoms with E-state index in [1.165, 1.54) is 5.56 Å².